The molecule has 0 aliphatic carbocycles. The van der Waals surface area contributed by atoms with Crippen molar-refractivity contribution in [3.05, 3.63) is 104 Å². The Morgan fingerprint density at radius 3 is 2.51 bits per heavy atom. The van der Waals surface area contributed by atoms with Crippen LogP contribution in [0.2, 0.25) is 15.1 Å². The predicted molar refractivity (Wildman–Crippen MR) is 144 cm³/mol. The average molecular weight is 526 g/mol. The van der Waals surface area contributed by atoms with Gasteiger partial charge in [0.25, 0.3) is 5.91 Å². The highest BCUT2D eigenvalue weighted by atomic mass is 35.5. The monoisotopic (exact) mass is 524 g/mol. The summed E-state index contributed by atoms with van der Waals surface area (Å²) in [6.07, 6.45) is 2.41. The molecule has 1 N–H and O–H groups in total. The fourth-order valence-corrected chi connectivity index (χ4v) is 4.86. The first-order chi connectivity index (χ1) is 16.8. The first-order valence-corrected chi connectivity index (χ1v) is 12.4. The standard InChI is InChI=1S/C28H23Cl3N2O2/c1-16-9-20-13-22(35-26(20)10-17(16)2)15-33(8-6-18-3-4-24(30)25(31)11-18)28(34)23-14-21(29)12-19-5-7-32-27(19)23/h3-5,7,9-14,32H,6,8,15H2,1-2H3. The SMILES string of the molecule is Cc1cc2cc(CN(CCc3ccc(Cl)c(Cl)c3)C(=O)c3cc(Cl)cc4cc[nH]c34)oc2cc1C. The van der Waals surface area contributed by atoms with Gasteiger partial charge in [-0.1, -0.05) is 40.9 Å². The van der Waals surface area contributed by atoms with E-state index in [9.17, 15) is 4.79 Å². The Kier molecular flexibility index (Phi) is 6.54. The zero-order valence-corrected chi connectivity index (χ0v) is 21.6. The Morgan fingerprint density at radius 2 is 1.71 bits per heavy atom. The number of halogens is 3. The molecular formula is C28H23Cl3N2O2. The number of aromatic amines is 1. The third-order valence-corrected chi connectivity index (χ3v) is 7.28. The summed E-state index contributed by atoms with van der Waals surface area (Å²) >= 11 is 18.6. The second-order valence-corrected chi connectivity index (χ2v) is 10.1. The van der Waals surface area contributed by atoms with Crippen molar-refractivity contribution in [2.75, 3.05) is 6.54 Å². The Hall–Kier alpha value is -2.92. The van der Waals surface area contributed by atoms with Crippen LogP contribution in [0.5, 0.6) is 0 Å². The van der Waals surface area contributed by atoms with Gasteiger partial charge in [-0.2, -0.15) is 0 Å². The number of aromatic nitrogens is 1. The van der Waals surface area contributed by atoms with Gasteiger partial charge >= 0.3 is 0 Å². The van der Waals surface area contributed by atoms with Crippen LogP contribution in [0.1, 0.15) is 32.8 Å². The number of hydrogen-bond donors (Lipinski definition) is 1. The number of carbonyl (C=O) groups excluding carboxylic acids is 1. The minimum atomic E-state index is -0.132. The van der Waals surface area contributed by atoms with E-state index in [1.165, 1.54) is 11.1 Å². The van der Waals surface area contributed by atoms with Crippen LogP contribution in [0.3, 0.4) is 0 Å². The van der Waals surface area contributed by atoms with Crippen molar-refractivity contribution in [3.63, 3.8) is 0 Å². The molecule has 0 atom stereocenters. The van der Waals surface area contributed by atoms with Crippen molar-refractivity contribution in [2.24, 2.45) is 0 Å². The van der Waals surface area contributed by atoms with Crippen molar-refractivity contribution < 1.29 is 9.21 Å². The third-order valence-electron chi connectivity index (χ3n) is 6.33. The molecule has 0 bridgehead atoms. The minimum absolute atomic E-state index is 0.132. The van der Waals surface area contributed by atoms with Crippen molar-refractivity contribution in [3.8, 4) is 0 Å². The smallest absolute Gasteiger partial charge is 0.256 e. The molecule has 0 radical (unpaired) electrons. The fraction of sp³-hybridized carbons (Fsp3) is 0.179. The quantitative estimate of drug-likeness (QED) is 0.242. The van der Waals surface area contributed by atoms with E-state index in [0.717, 1.165) is 33.2 Å². The molecular weight excluding hydrogens is 503 g/mol. The second kappa shape index (κ2) is 9.62. The highest BCUT2D eigenvalue weighted by molar-refractivity contribution is 6.42. The predicted octanol–water partition coefficient (Wildman–Crippen LogP) is 8.38. The lowest BCUT2D eigenvalue weighted by molar-refractivity contribution is 0.0736. The van der Waals surface area contributed by atoms with Crippen LogP contribution in [0.25, 0.3) is 21.9 Å². The highest BCUT2D eigenvalue weighted by Gasteiger charge is 2.22. The van der Waals surface area contributed by atoms with Gasteiger partial charge in [0.2, 0.25) is 0 Å². The fourth-order valence-electron chi connectivity index (χ4n) is 4.31. The van der Waals surface area contributed by atoms with E-state index in [-0.39, 0.29) is 5.91 Å². The number of H-pyrrole nitrogens is 1. The molecule has 2 aromatic heterocycles. The Balaban J connectivity index is 1.49. The Labute approximate surface area is 218 Å². The van der Waals surface area contributed by atoms with Crippen LogP contribution in [0, 0.1) is 13.8 Å². The summed E-state index contributed by atoms with van der Waals surface area (Å²) in [5, 5.41) is 3.42. The second-order valence-electron chi connectivity index (χ2n) is 8.81. The zero-order valence-electron chi connectivity index (χ0n) is 19.3. The molecule has 5 rings (SSSR count). The molecule has 2 heterocycles. The Morgan fingerprint density at radius 1 is 0.914 bits per heavy atom. The number of carbonyl (C=O) groups is 1. The van der Waals surface area contributed by atoms with E-state index in [4.69, 9.17) is 39.2 Å². The van der Waals surface area contributed by atoms with Crippen LogP contribution in [0.4, 0.5) is 0 Å². The van der Waals surface area contributed by atoms with Gasteiger partial charge in [-0.25, -0.2) is 0 Å². The van der Waals surface area contributed by atoms with Crippen LogP contribution >= 0.6 is 34.8 Å². The van der Waals surface area contributed by atoms with Gasteiger partial charge < -0.3 is 14.3 Å². The van der Waals surface area contributed by atoms with E-state index in [1.54, 1.807) is 17.0 Å². The maximum absolute atomic E-state index is 13.8. The van der Waals surface area contributed by atoms with E-state index in [0.29, 0.717) is 40.1 Å². The molecule has 0 aliphatic rings. The maximum Gasteiger partial charge on any atom is 0.256 e. The van der Waals surface area contributed by atoms with Gasteiger partial charge in [-0.15, -0.1) is 0 Å². The summed E-state index contributed by atoms with van der Waals surface area (Å²) < 4.78 is 6.14. The zero-order chi connectivity index (χ0) is 24.7. The number of furan rings is 1. The van der Waals surface area contributed by atoms with Crippen LogP contribution in [-0.4, -0.2) is 22.3 Å². The average Bonchev–Trinajstić information content (AvgIpc) is 3.44. The molecule has 0 unspecified atom stereocenters. The first-order valence-electron chi connectivity index (χ1n) is 11.3. The number of nitrogens with zero attached hydrogens (tertiary/aromatic N) is 1. The van der Waals surface area contributed by atoms with Gasteiger partial charge in [0.15, 0.2) is 0 Å². The van der Waals surface area contributed by atoms with Crippen LogP contribution in [-0.2, 0) is 13.0 Å². The summed E-state index contributed by atoms with van der Waals surface area (Å²) in [5.41, 5.74) is 5.45. The van der Waals surface area contributed by atoms with Crippen LogP contribution in [0.15, 0.2) is 65.2 Å². The number of nitrogens with one attached hydrogen (secondary N) is 1. The van der Waals surface area contributed by atoms with Gasteiger partial charge in [-0.05, 0) is 85.5 Å². The van der Waals surface area contributed by atoms with Crippen molar-refractivity contribution >= 4 is 62.6 Å². The van der Waals surface area contributed by atoms with E-state index < -0.39 is 0 Å². The molecule has 3 aromatic carbocycles. The lowest BCUT2D eigenvalue weighted by atomic mass is 10.1. The van der Waals surface area contributed by atoms with Crippen molar-refractivity contribution in [1.29, 1.82) is 0 Å². The normalized spacial score (nSPS) is 11.5. The summed E-state index contributed by atoms with van der Waals surface area (Å²) in [7, 11) is 0. The molecule has 35 heavy (non-hydrogen) atoms. The number of benzene rings is 3. The molecule has 0 saturated carbocycles. The van der Waals surface area contributed by atoms with Crippen molar-refractivity contribution in [1.82, 2.24) is 9.88 Å². The molecule has 1 amide bonds. The van der Waals surface area contributed by atoms with E-state index in [1.807, 2.05) is 42.6 Å². The highest BCUT2D eigenvalue weighted by Crippen LogP contribution is 2.28. The molecule has 5 aromatic rings. The van der Waals surface area contributed by atoms with E-state index in [2.05, 4.69) is 24.9 Å². The number of aryl methyl sites for hydroxylation is 2. The van der Waals surface area contributed by atoms with Gasteiger partial charge in [-0.3, -0.25) is 4.79 Å². The molecule has 7 heteroatoms. The minimum Gasteiger partial charge on any atom is -0.459 e. The molecule has 178 valence electrons. The maximum atomic E-state index is 13.8. The summed E-state index contributed by atoms with van der Waals surface area (Å²) in [6, 6.07) is 17.1. The number of fused-ring (bicyclic) bond motifs is 2. The van der Waals surface area contributed by atoms with E-state index >= 15 is 0 Å². The van der Waals surface area contributed by atoms with Crippen molar-refractivity contribution in [2.45, 2.75) is 26.8 Å². The summed E-state index contributed by atoms with van der Waals surface area (Å²) in [5.74, 6) is 0.588. The number of hydrogen-bond acceptors (Lipinski definition) is 2. The van der Waals surface area contributed by atoms with Gasteiger partial charge in [0.05, 0.1) is 27.7 Å². The topological polar surface area (TPSA) is 49.2 Å². The van der Waals surface area contributed by atoms with Gasteiger partial charge in [0.1, 0.15) is 11.3 Å². The number of amides is 1. The van der Waals surface area contributed by atoms with Crippen LogP contribution < -0.4 is 0 Å². The molecule has 4 nitrogen and oxygen atoms in total. The lowest BCUT2D eigenvalue weighted by Gasteiger charge is -2.22. The molecule has 0 saturated heterocycles. The largest absolute Gasteiger partial charge is 0.459 e. The molecule has 0 spiro atoms. The molecule has 0 fully saturated rings. The Bertz CT molecular complexity index is 1530. The lowest BCUT2D eigenvalue weighted by Crippen LogP contribution is -2.32. The summed E-state index contributed by atoms with van der Waals surface area (Å²) in [4.78, 5) is 18.8. The molecule has 0 aliphatic heterocycles. The summed E-state index contributed by atoms with van der Waals surface area (Å²) in [6.45, 7) is 4.92. The van der Waals surface area contributed by atoms with Gasteiger partial charge in [0, 0.05) is 28.5 Å². The number of rotatable bonds is 6. The first kappa shape index (κ1) is 23.8. The third kappa shape index (κ3) is 4.92.